The Hall–Kier alpha value is -1.51. The van der Waals surface area contributed by atoms with Gasteiger partial charge in [0.25, 0.3) is 5.91 Å². The van der Waals surface area contributed by atoms with Gasteiger partial charge < -0.3 is 16.0 Å². The fraction of sp³-hybridized carbons (Fsp3) is 0.667. The van der Waals surface area contributed by atoms with Gasteiger partial charge >= 0.3 is 6.18 Å². The number of piperidine rings is 1. The summed E-state index contributed by atoms with van der Waals surface area (Å²) in [7, 11) is 0. The van der Waals surface area contributed by atoms with Crippen molar-refractivity contribution in [2.75, 3.05) is 30.3 Å². The average molecular weight is 322 g/mol. The van der Waals surface area contributed by atoms with E-state index in [0.29, 0.717) is 5.13 Å². The molecule has 21 heavy (non-hydrogen) atoms. The van der Waals surface area contributed by atoms with Crippen LogP contribution < -0.4 is 16.0 Å². The lowest BCUT2D eigenvalue weighted by atomic mass is 10.1. The van der Waals surface area contributed by atoms with Crippen LogP contribution in [0.1, 0.15) is 35.4 Å². The Kier molecular flexibility index (Phi) is 4.92. The Morgan fingerprint density at radius 1 is 1.33 bits per heavy atom. The van der Waals surface area contributed by atoms with Crippen molar-refractivity contribution in [2.45, 2.75) is 31.9 Å². The van der Waals surface area contributed by atoms with Crippen LogP contribution in [-0.4, -0.2) is 36.7 Å². The molecule has 0 radical (unpaired) electrons. The first kappa shape index (κ1) is 15.9. The van der Waals surface area contributed by atoms with Gasteiger partial charge in [-0.2, -0.15) is 13.2 Å². The van der Waals surface area contributed by atoms with E-state index in [1.807, 2.05) is 0 Å². The van der Waals surface area contributed by atoms with E-state index in [4.69, 9.17) is 5.73 Å². The molecular formula is C12H17F3N4OS. The van der Waals surface area contributed by atoms with Gasteiger partial charge in [0, 0.05) is 19.6 Å². The maximum Gasteiger partial charge on any atom is 0.390 e. The van der Waals surface area contributed by atoms with Crippen LogP contribution in [0.15, 0.2) is 0 Å². The number of amides is 1. The standard InChI is InChI=1S/C12H17F3N4OS/c13-12(14,15)4-5-17-10(20)8-9(16)18-11(21-8)19-6-2-1-3-7-19/h1-7,16H2,(H,17,20). The first-order valence-electron chi connectivity index (χ1n) is 6.73. The summed E-state index contributed by atoms with van der Waals surface area (Å²) in [5, 5.41) is 2.89. The number of rotatable bonds is 4. The number of alkyl halides is 3. The van der Waals surface area contributed by atoms with Gasteiger partial charge in [0.05, 0.1) is 6.42 Å². The molecule has 1 aliphatic heterocycles. The van der Waals surface area contributed by atoms with Gasteiger partial charge in [0.2, 0.25) is 0 Å². The number of hydrogen-bond acceptors (Lipinski definition) is 5. The number of thiazole rings is 1. The molecule has 1 fully saturated rings. The molecule has 0 aromatic carbocycles. The highest BCUT2D eigenvalue weighted by Gasteiger charge is 2.27. The maximum atomic E-state index is 12.0. The molecule has 1 aromatic heterocycles. The van der Waals surface area contributed by atoms with E-state index < -0.39 is 25.0 Å². The molecule has 9 heteroatoms. The van der Waals surface area contributed by atoms with E-state index in [-0.39, 0.29) is 10.7 Å². The van der Waals surface area contributed by atoms with Crippen LogP contribution in [0.5, 0.6) is 0 Å². The molecule has 1 aliphatic rings. The number of nitrogens with one attached hydrogen (secondary N) is 1. The Bertz CT molecular complexity index is 497. The molecule has 0 saturated carbocycles. The summed E-state index contributed by atoms with van der Waals surface area (Å²) in [5.41, 5.74) is 5.70. The van der Waals surface area contributed by atoms with Crippen molar-refractivity contribution in [3.8, 4) is 0 Å². The highest BCUT2D eigenvalue weighted by molar-refractivity contribution is 7.18. The number of carbonyl (C=O) groups is 1. The van der Waals surface area contributed by atoms with Crippen LogP contribution in [0.3, 0.4) is 0 Å². The van der Waals surface area contributed by atoms with Gasteiger partial charge in [-0.15, -0.1) is 0 Å². The molecule has 1 amide bonds. The minimum absolute atomic E-state index is 0.0742. The van der Waals surface area contributed by atoms with Crippen molar-refractivity contribution in [3.05, 3.63) is 4.88 Å². The summed E-state index contributed by atoms with van der Waals surface area (Å²) in [5.74, 6) is -0.525. The van der Waals surface area contributed by atoms with Crippen LogP contribution in [0.4, 0.5) is 24.1 Å². The van der Waals surface area contributed by atoms with Gasteiger partial charge in [-0.25, -0.2) is 4.98 Å². The fourth-order valence-corrected chi connectivity index (χ4v) is 3.05. The monoisotopic (exact) mass is 322 g/mol. The predicted molar refractivity (Wildman–Crippen MR) is 75.6 cm³/mol. The number of aromatic nitrogens is 1. The number of nitrogens with two attached hydrogens (primary N) is 1. The molecule has 2 rings (SSSR count). The van der Waals surface area contributed by atoms with Gasteiger partial charge in [0.15, 0.2) is 5.13 Å². The van der Waals surface area contributed by atoms with E-state index in [0.717, 1.165) is 37.3 Å². The van der Waals surface area contributed by atoms with Crippen molar-refractivity contribution in [3.63, 3.8) is 0 Å². The summed E-state index contributed by atoms with van der Waals surface area (Å²) < 4.78 is 36.1. The molecule has 3 N–H and O–H groups in total. The highest BCUT2D eigenvalue weighted by atomic mass is 32.1. The Labute approximate surface area is 124 Å². The SMILES string of the molecule is Nc1nc(N2CCCCC2)sc1C(=O)NCCC(F)(F)F. The van der Waals surface area contributed by atoms with Crippen molar-refractivity contribution in [2.24, 2.45) is 0 Å². The largest absolute Gasteiger partial charge is 0.390 e. The number of halogens is 3. The molecule has 0 bridgehead atoms. The third-order valence-electron chi connectivity index (χ3n) is 3.17. The molecule has 0 atom stereocenters. The number of nitrogens with zero attached hydrogens (tertiary/aromatic N) is 2. The van der Waals surface area contributed by atoms with Crippen LogP contribution in [0, 0.1) is 0 Å². The maximum absolute atomic E-state index is 12.0. The van der Waals surface area contributed by atoms with Crippen LogP contribution in [0.25, 0.3) is 0 Å². The molecule has 0 aliphatic carbocycles. The van der Waals surface area contributed by atoms with Crippen LogP contribution in [0.2, 0.25) is 0 Å². The van der Waals surface area contributed by atoms with E-state index in [1.54, 1.807) is 0 Å². The number of nitrogen functional groups attached to an aromatic ring is 1. The lowest BCUT2D eigenvalue weighted by molar-refractivity contribution is -0.132. The zero-order valence-corrected chi connectivity index (χ0v) is 12.2. The summed E-state index contributed by atoms with van der Waals surface area (Å²) in [6.45, 7) is 1.27. The minimum Gasteiger partial charge on any atom is -0.382 e. The second-order valence-corrected chi connectivity index (χ2v) is 5.86. The van der Waals surface area contributed by atoms with Crippen molar-refractivity contribution in [1.82, 2.24) is 10.3 Å². The molecule has 0 spiro atoms. The molecule has 5 nitrogen and oxygen atoms in total. The summed E-state index contributed by atoms with van der Waals surface area (Å²) >= 11 is 1.13. The van der Waals surface area contributed by atoms with E-state index in [9.17, 15) is 18.0 Å². The third-order valence-corrected chi connectivity index (χ3v) is 4.30. The van der Waals surface area contributed by atoms with E-state index in [1.165, 1.54) is 6.42 Å². The van der Waals surface area contributed by atoms with Crippen molar-refractivity contribution in [1.29, 1.82) is 0 Å². The number of anilines is 2. The smallest absolute Gasteiger partial charge is 0.382 e. The second-order valence-electron chi connectivity index (χ2n) is 4.88. The highest BCUT2D eigenvalue weighted by Crippen LogP contribution is 2.30. The average Bonchev–Trinajstić information content (AvgIpc) is 2.80. The summed E-state index contributed by atoms with van der Waals surface area (Å²) in [6, 6.07) is 0. The normalized spacial score (nSPS) is 16.0. The molecule has 118 valence electrons. The zero-order valence-electron chi connectivity index (χ0n) is 11.4. The first-order chi connectivity index (χ1) is 9.87. The number of hydrogen-bond donors (Lipinski definition) is 2. The summed E-state index contributed by atoms with van der Waals surface area (Å²) in [6.07, 6.45) is -2.05. The van der Waals surface area contributed by atoms with Crippen molar-refractivity contribution < 1.29 is 18.0 Å². The fourth-order valence-electron chi connectivity index (χ4n) is 2.10. The van der Waals surface area contributed by atoms with Gasteiger partial charge in [-0.1, -0.05) is 11.3 Å². The molecular weight excluding hydrogens is 305 g/mol. The Morgan fingerprint density at radius 3 is 2.62 bits per heavy atom. The predicted octanol–water partition coefficient (Wildman–Crippen LogP) is 2.40. The van der Waals surface area contributed by atoms with E-state index in [2.05, 4.69) is 15.2 Å². The molecule has 0 unspecified atom stereocenters. The summed E-state index contributed by atoms with van der Waals surface area (Å²) in [4.78, 5) is 18.2. The first-order valence-corrected chi connectivity index (χ1v) is 7.54. The topological polar surface area (TPSA) is 71.2 Å². The molecule has 1 saturated heterocycles. The van der Waals surface area contributed by atoms with Gasteiger partial charge in [-0.3, -0.25) is 4.79 Å². The molecule has 2 heterocycles. The minimum atomic E-state index is -4.29. The molecule has 1 aromatic rings. The second kappa shape index (κ2) is 6.50. The van der Waals surface area contributed by atoms with Crippen LogP contribution >= 0.6 is 11.3 Å². The lowest BCUT2D eigenvalue weighted by Gasteiger charge is -2.25. The third kappa shape index (κ3) is 4.48. The quantitative estimate of drug-likeness (QED) is 0.893. The number of carbonyl (C=O) groups excluding carboxylic acids is 1. The Balaban J connectivity index is 1.96. The van der Waals surface area contributed by atoms with Gasteiger partial charge in [0.1, 0.15) is 10.7 Å². The lowest BCUT2D eigenvalue weighted by Crippen LogP contribution is -2.29. The zero-order chi connectivity index (χ0) is 15.5. The Morgan fingerprint density at radius 2 is 2.00 bits per heavy atom. The van der Waals surface area contributed by atoms with Crippen molar-refractivity contribution >= 4 is 28.2 Å². The van der Waals surface area contributed by atoms with Crippen LogP contribution in [-0.2, 0) is 0 Å². The van der Waals surface area contributed by atoms with E-state index >= 15 is 0 Å². The van der Waals surface area contributed by atoms with Gasteiger partial charge in [-0.05, 0) is 19.3 Å².